The predicted molar refractivity (Wildman–Crippen MR) is 111 cm³/mol. The molecular formula is C22H23ClN2O4. The van der Waals surface area contributed by atoms with Gasteiger partial charge in [0.2, 0.25) is 0 Å². The summed E-state index contributed by atoms with van der Waals surface area (Å²) in [6, 6.07) is 10.7. The fourth-order valence-electron chi connectivity index (χ4n) is 3.83. The minimum Gasteiger partial charge on any atom is -0.490 e. The van der Waals surface area contributed by atoms with Crippen molar-refractivity contribution in [2.45, 2.75) is 19.3 Å². The van der Waals surface area contributed by atoms with Crippen molar-refractivity contribution in [3.8, 4) is 5.75 Å². The van der Waals surface area contributed by atoms with Crippen LogP contribution in [-0.2, 0) is 4.74 Å². The Labute approximate surface area is 174 Å². The second-order valence-electron chi connectivity index (χ2n) is 7.19. The van der Waals surface area contributed by atoms with Crippen molar-refractivity contribution in [2.24, 2.45) is 0 Å². The first-order valence-electron chi connectivity index (χ1n) is 9.80. The number of hydrogen-bond donors (Lipinski definition) is 0. The van der Waals surface area contributed by atoms with Crippen LogP contribution in [0, 0.1) is 0 Å². The first kappa shape index (κ1) is 19.6. The van der Waals surface area contributed by atoms with Gasteiger partial charge in [-0.05, 0) is 55.7 Å². The maximum absolute atomic E-state index is 12.9. The molecule has 2 aliphatic rings. The van der Waals surface area contributed by atoms with Gasteiger partial charge in [0.15, 0.2) is 0 Å². The standard InChI is InChI=1S/C22H23ClN2O4/c1-28-22(27)15-5-7-16(8-6-15)25-11-12-29-20-13-17(18(23)14-19(20)25)21(26)24-9-3-2-4-10-24/h5-8,13-14H,2-4,9-12H2,1H3. The highest BCUT2D eigenvalue weighted by atomic mass is 35.5. The van der Waals surface area contributed by atoms with Crippen molar-refractivity contribution in [3.05, 3.63) is 52.5 Å². The first-order chi connectivity index (χ1) is 14.1. The van der Waals surface area contributed by atoms with Gasteiger partial charge in [0, 0.05) is 18.8 Å². The molecule has 0 aliphatic carbocycles. The topological polar surface area (TPSA) is 59.1 Å². The van der Waals surface area contributed by atoms with E-state index in [1.54, 1.807) is 24.3 Å². The molecule has 0 saturated carbocycles. The first-order valence-corrected chi connectivity index (χ1v) is 10.2. The van der Waals surface area contributed by atoms with Gasteiger partial charge in [0.05, 0.1) is 35.5 Å². The highest BCUT2D eigenvalue weighted by Crippen LogP contribution is 2.40. The van der Waals surface area contributed by atoms with Crippen LogP contribution in [0.15, 0.2) is 36.4 Å². The van der Waals surface area contributed by atoms with Crippen molar-refractivity contribution in [1.29, 1.82) is 0 Å². The third kappa shape index (κ3) is 3.90. The fourth-order valence-corrected chi connectivity index (χ4v) is 4.07. The SMILES string of the molecule is COC(=O)c1ccc(N2CCOc3cc(C(=O)N4CCCCC4)c(Cl)cc32)cc1. The number of ether oxygens (including phenoxy) is 2. The Balaban J connectivity index is 1.63. The summed E-state index contributed by atoms with van der Waals surface area (Å²) in [4.78, 5) is 28.5. The zero-order valence-electron chi connectivity index (χ0n) is 16.3. The van der Waals surface area contributed by atoms with Crippen molar-refractivity contribution < 1.29 is 19.1 Å². The molecule has 0 N–H and O–H groups in total. The number of esters is 1. The van der Waals surface area contributed by atoms with E-state index in [4.69, 9.17) is 21.1 Å². The van der Waals surface area contributed by atoms with Crippen molar-refractivity contribution in [1.82, 2.24) is 4.90 Å². The summed E-state index contributed by atoms with van der Waals surface area (Å²) in [6.45, 7) is 2.67. The number of piperidine rings is 1. The van der Waals surface area contributed by atoms with Gasteiger partial charge in [-0.25, -0.2) is 4.79 Å². The van der Waals surface area contributed by atoms with Crippen LogP contribution in [0.2, 0.25) is 5.02 Å². The molecule has 0 aromatic heterocycles. The number of carbonyl (C=O) groups excluding carboxylic acids is 2. The number of carbonyl (C=O) groups is 2. The van der Waals surface area contributed by atoms with E-state index >= 15 is 0 Å². The highest BCUT2D eigenvalue weighted by molar-refractivity contribution is 6.34. The number of nitrogens with zero attached hydrogens (tertiary/aromatic N) is 2. The number of methoxy groups -OCH3 is 1. The van der Waals surface area contributed by atoms with Gasteiger partial charge in [0.25, 0.3) is 5.91 Å². The van der Waals surface area contributed by atoms with Crippen LogP contribution < -0.4 is 9.64 Å². The molecule has 6 nitrogen and oxygen atoms in total. The Morgan fingerprint density at radius 3 is 2.45 bits per heavy atom. The molecule has 2 aliphatic heterocycles. The molecule has 152 valence electrons. The summed E-state index contributed by atoms with van der Waals surface area (Å²) in [5, 5.41) is 0.418. The van der Waals surface area contributed by atoms with Crippen LogP contribution >= 0.6 is 11.6 Å². The number of likely N-dealkylation sites (tertiary alicyclic amines) is 1. The van der Waals surface area contributed by atoms with E-state index in [2.05, 4.69) is 4.90 Å². The van der Waals surface area contributed by atoms with Crippen molar-refractivity contribution in [2.75, 3.05) is 38.3 Å². The average molecular weight is 415 g/mol. The largest absolute Gasteiger partial charge is 0.490 e. The summed E-state index contributed by atoms with van der Waals surface area (Å²) < 4.78 is 10.6. The molecule has 4 rings (SSSR count). The fraction of sp³-hybridized carbons (Fsp3) is 0.364. The van der Waals surface area contributed by atoms with Crippen molar-refractivity contribution >= 4 is 34.9 Å². The zero-order valence-corrected chi connectivity index (χ0v) is 17.1. The van der Waals surface area contributed by atoms with Crippen LogP contribution in [0.1, 0.15) is 40.0 Å². The van der Waals surface area contributed by atoms with Gasteiger partial charge in [-0.3, -0.25) is 4.79 Å². The third-order valence-electron chi connectivity index (χ3n) is 5.39. The number of halogens is 1. The average Bonchev–Trinajstić information content (AvgIpc) is 2.78. The van der Waals surface area contributed by atoms with Crippen LogP contribution in [0.5, 0.6) is 5.75 Å². The van der Waals surface area contributed by atoms with Crippen LogP contribution in [0.3, 0.4) is 0 Å². The van der Waals surface area contributed by atoms with E-state index in [1.165, 1.54) is 7.11 Å². The zero-order chi connectivity index (χ0) is 20.4. The van der Waals surface area contributed by atoms with Crippen LogP contribution in [0.4, 0.5) is 11.4 Å². The number of hydrogen-bond acceptors (Lipinski definition) is 5. The Kier molecular flexibility index (Phi) is 5.62. The minimum atomic E-state index is -0.372. The molecule has 7 heteroatoms. The summed E-state index contributed by atoms with van der Waals surface area (Å²) in [6.07, 6.45) is 3.22. The second kappa shape index (κ2) is 8.33. The van der Waals surface area contributed by atoms with E-state index in [-0.39, 0.29) is 11.9 Å². The number of fused-ring (bicyclic) bond motifs is 1. The normalized spacial score (nSPS) is 16.1. The van der Waals surface area contributed by atoms with Gasteiger partial charge >= 0.3 is 5.97 Å². The lowest BCUT2D eigenvalue weighted by molar-refractivity contribution is 0.0600. The maximum atomic E-state index is 12.9. The Bertz CT molecular complexity index is 923. The Hall–Kier alpha value is -2.73. The van der Waals surface area contributed by atoms with Gasteiger partial charge in [-0.1, -0.05) is 11.6 Å². The molecule has 0 bridgehead atoms. The van der Waals surface area contributed by atoms with Gasteiger partial charge in [-0.2, -0.15) is 0 Å². The second-order valence-corrected chi connectivity index (χ2v) is 7.60. The maximum Gasteiger partial charge on any atom is 0.337 e. The Morgan fingerprint density at radius 1 is 1.03 bits per heavy atom. The molecule has 0 spiro atoms. The number of benzene rings is 2. The molecule has 29 heavy (non-hydrogen) atoms. The van der Waals surface area contributed by atoms with Crippen LogP contribution in [0.25, 0.3) is 0 Å². The molecule has 0 atom stereocenters. The van der Waals surface area contributed by atoms with E-state index < -0.39 is 0 Å². The van der Waals surface area contributed by atoms with Crippen molar-refractivity contribution in [3.63, 3.8) is 0 Å². The van der Waals surface area contributed by atoms with E-state index in [9.17, 15) is 9.59 Å². The number of amides is 1. The summed E-state index contributed by atoms with van der Waals surface area (Å²) in [5.41, 5.74) is 2.69. The Morgan fingerprint density at radius 2 is 1.76 bits per heavy atom. The molecule has 0 unspecified atom stereocenters. The molecule has 1 amide bonds. The summed E-state index contributed by atoms with van der Waals surface area (Å²) in [5.74, 6) is 0.224. The summed E-state index contributed by atoms with van der Waals surface area (Å²) in [7, 11) is 1.36. The molecule has 1 fully saturated rings. The van der Waals surface area contributed by atoms with E-state index in [1.807, 2.05) is 17.0 Å². The monoisotopic (exact) mass is 414 g/mol. The van der Waals surface area contributed by atoms with Gasteiger partial charge in [0.1, 0.15) is 12.4 Å². The summed E-state index contributed by atoms with van der Waals surface area (Å²) >= 11 is 6.52. The molecule has 2 aromatic carbocycles. The van der Waals surface area contributed by atoms with E-state index in [0.29, 0.717) is 35.1 Å². The quantitative estimate of drug-likeness (QED) is 0.701. The molecule has 2 aromatic rings. The van der Waals surface area contributed by atoms with Gasteiger partial charge in [-0.15, -0.1) is 0 Å². The lowest BCUT2D eigenvalue weighted by Crippen LogP contribution is -2.36. The molecule has 2 heterocycles. The van der Waals surface area contributed by atoms with E-state index in [0.717, 1.165) is 43.7 Å². The number of anilines is 2. The lowest BCUT2D eigenvalue weighted by atomic mass is 10.1. The predicted octanol–water partition coefficient (Wildman–Crippen LogP) is 4.28. The number of rotatable bonds is 3. The molecule has 1 saturated heterocycles. The molecular weight excluding hydrogens is 392 g/mol. The smallest absolute Gasteiger partial charge is 0.337 e. The highest BCUT2D eigenvalue weighted by Gasteiger charge is 2.26. The third-order valence-corrected chi connectivity index (χ3v) is 5.70. The minimum absolute atomic E-state index is 0.0411. The molecule has 0 radical (unpaired) electrons. The lowest BCUT2D eigenvalue weighted by Gasteiger charge is -2.32. The van der Waals surface area contributed by atoms with Crippen LogP contribution in [-0.4, -0.2) is 50.1 Å². The van der Waals surface area contributed by atoms with Gasteiger partial charge < -0.3 is 19.3 Å².